The van der Waals surface area contributed by atoms with E-state index in [1.54, 1.807) is 0 Å². The van der Waals surface area contributed by atoms with Crippen LogP contribution >= 0.6 is 12.4 Å². The summed E-state index contributed by atoms with van der Waals surface area (Å²) in [5, 5.41) is 31.8. The Balaban J connectivity index is 0.00000280. The Morgan fingerprint density at radius 1 is 1.14 bits per heavy atom. The van der Waals surface area contributed by atoms with Gasteiger partial charge in [-0.15, -0.1) is 12.4 Å². The quantitative estimate of drug-likeness (QED) is 0.360. The number of nitriles is 1. The molecule has 2 saturated heterocycles. The number of aromatic hydroxyl groups is 1. The molecule has 0 radical (unpaired) electrons. The highest BCUT2D eigenvalue weighted by Crippen LogP contribution is 2.42. The highest BCUT2D eigenvalue weighted by molar-refractivity contribution is 6.00. The second-order valence-corrected chi connectivity index (χ2v) is 9.08. The third kappa shape index (κ3) is 4.50. The molecule has 5 heterocycles. The molecule has 3 aromatic heterocycles. The van der Waals surface area contributed by atoms with Crippen LogP contribution in [0.15, 0.2) is 34.7 Å². The molecule has 3 N–H and O–H groups in total. The van der Waals surface area contributed by atoms with Gasteiger partial charge in [0.25, 0.3) is 0 Å². The van der Waals surface area contributed by atoms with Gasteiger partial charge in [0, 0.05) is 42.4 Å². The molecule has 2 fully saturated rings. The first-order valence-electron chi connectivity index (χ1n) is 12.1. The van der Waals surface area contributed by atoms with Crippen molar-refractivity contribution in [3.05, 3.63) is 47.4 Å². The monoisotopic (exact) mass is 524 g/mol. The molecule has 192 valence electrons. The fraction of sp³-hybridized carbons (Fsp3) is 0.346. The predicted molar refractivity (Wildman–Crippen MR) is 138 cm³/mol. The Morgan fingerprint density at radius 3 is 2.65 bits per heavy atom. The molecule has 1 aromatic carbocycles. The van der Waals surface area contributed by atoms with E-state index in [0.717, 1.165) is 43.1 Å². The molecule has 0 aliphatic carbocycles. The summed E-state index contributed by atoms with van der Waals surface area (Å²) < 4.78 is 26.7. The van der Waals surface area contributed by atoms with Gasteiger partial charge < -0.3 is 24.5 Å². The number of aromatic amines is 1. The number of ether oxygens (including phenoxy) is 1. The van der Waals surface area contributed by atoms with Crippen molar-refractivity contribution in [3.63, 3.8) is 0 Å². The summed E-state index contributed by atoms with van der Waals surface area (Å²) in [6, 6.07) is 9.80. The van der Waals surface area contributed by atoms with E-state index >= 15 is 0 Å². The smallest absolute Gasteiger partial charge is 0.196 e. The molecular formula is C26H26ClFN6O3. The number of hydrogen-bond acceptors (Lipinski definition) is 8. The second-order valence-electron chi connectivity index (χ2n) is 9.08. The molecule has 2 aliphatic heterocycles. The van der Waals surface area contributed by atoms with Crippen molar-refractivity contribution >= 4 is 29.3 Å². The summed E-state index contributed by atoms with van der Waals surface area (Å²) in [5.41, 5.74) is 2.32. The lowest BCUT2D eigenvalue weighted by atomic mass is 9.89. The first kappa shape index (κ1) is 25.0. The fourth-order valence-electron chi connectivity index (χ4n) is 5.15. The van der Waals surface area contributed by atoms with Gasteiger partial charge in [0.15, 0.2) is 11.5 Å². The van der Waals surface area contributed by atoms with E-state index in [-0.39, 0.29) is 40.9 Å². The van der Waals surface area contributed by atoms with Crippen molar-refractivity contribution in [1.29, 1.82) is 5.26 Å². The lowest BCUT2D eigenvalue weighted by Gasteiger charge is -2.26. The zero-order valence-electron chi connectivity index (χ0n) is 20.0. The Hall–Kier alpha value is -3.65. The predicted octanol–water partition coefficient (Wildman–Crippen LogP) is 4.33. The van der Waals surface area contributed by atoms with Gasteiger partial charge >= 0.3 is 0 Å². The summed E-state index contributed by atoms with van der Waals surface area (Å²) >= 11 is 0. The molecule has 11 heteroatoms. The number of pyridine rings is 1. The molecule has 0 unspecified atom stereocenters. The minimum atomic E-state index is -0.674. The molecule has 4 aromatic rings. The number of benzene rings is 1. The molecule has 0 spiro atoms. The standard InChI is InChI=1S/C26H25FN6O3.ClH/c27-19-13-16(34)1-2-17(19)25-18(14-28)22(20-3-4-21(36-20)33-9-11-35-12-10-33)23-24(31-32-26(23)30-25)15-5-7-29-8-6-15;/h1-4,13,15,29,34H,5-12H2,(H,30,31,32);1H. The number of hydrogen-bond donors (Lipinski definition) is 3. The number of rotatable bonds is 4. The van der Waals surface area contributed by atoms with E-state index in [1.165, 1.54) is 12.1 Å². The van der Waals surface area contributed by atoms with Crippen molar-refractivity contribution < 1.29 is 18.7 Å². The highest BCUT2D eigenvalue weighted by Gasteiger charge is 2.29. The number of nitrogens with zero attached hydrogens (tertiary/aromatic N) is 4. The van der Waals surface area contributed by atoms with Gasteiger partial charge in [0.2, 0.25) is 0 Å². The number of aromatic nitrogens is 3. The molecule has 0 atom stereocenters. The van der Waals surface area contributed by atoms with Crippen molar-refractivity contribution in [2.24, 2.45) is 0 Å². The van der Waals surface area contributed by atoms with Crippen LogP contribution < -0.4 is 10.2 Å². The summed E-state index contributed by atoms with van der Waals surface area (Å²) in [7, 11) is 0. The second kappa shape index (κ2) is 10.4. The average Bonchev–Trinajstić information content (AvgIpc) is 3.56. The molecule has 9 nitrogen and oxygen atoms in total. The highest BCUT2D eigenvalue weighted by atomic mass is 35.5. The minimum Gasteiger partial charge on any atom is -0.508 e. The minimum absolute atomic E-state index is 0. The molecule has 2 aliphatic rings. The number of piperidine rings is 1. The number of furan rings is 1. The Labute approximate surface area is 218 Å². The third-order valence-corrected chi connectivity index (χ3v) is 6.96. The van der Waals surface area contributed by atoms with Crippen LogP contribution in [0.4, 0.5) is 10.3 Å². The van der Waals surface area contributed by atoms with Gasteiger partial charge in [-0.3, -0.25) is 5.10 Å². The number of H-pyrrole nitrogens is 1. The molecule has 6 rings (SSSR count). The van der Waals surface area contributed by atoms with E-state index in [0.29, 0.717) is 49.2 Å². The molecule has 0 bridgehead atoms. The van der Waals surface area contributed by atoms with Gasteiger partial charge in [0.1, 0.15) is 23.4 Å². The number of fused-ring (bicyclic) bond motifs is 1. The maximum Gasteiger partial charge on any atom is 0.196 e. The normalized spacial score (nSPS) is 16.5. The zero-order chi connectivity index (χ0) is 24.6. The zero-order valence-corrected chi connectivity index (χ0v) is 20.8. The number of halogens is 2. The lowest BCUT2D eigenvalue weighted by molar-refractivity contribution is 0.121. The topological polar surface area (TPSA) is 123 Å². The van der Waals surface area contributed by atoms with Gasteiger partial charge in [0.05, 0.1) is 35.4 Å². The van der Waals surface area contributed by atoms with E-state index in [2.05, 4.69) is 31.5 Å². The Bertz CT molecular complexity index is 1470. The van der Waals surface area contributed by atoms with Crippen LogP contribution in [0.5, 0.6) is 5.75 Å². The van der Waals surface area contributed by atoms with Crippen molar-refractivity contribution in [1.82, 2.24) is 20.5 Å². The van der Waals surface area contributed by atoms with Gasteiger partial charge in [-0.2, -0.15) is 10.4 Å². The maximum atomic E-state index is 14.9. The number of phenols is 1. The van der Waals surface area contributed by atoms with E-state index in [9.17, 15) is 14.8 Å². The Kier molecular flexibility index (Phi) is 7.02. The van der Waals surface area contributed by atoms with Crippen molar-refractivity contribution in [2.75, 3.05) is 44.3 Å². The summed E-state index contributed by atoms with van der Waals surface area (Å²) in [6.07, 6.45) is 1.84. The molecular weight excluding hydrogens is 499 g/mol. The first-order valence-corrected chi connectivity index (χ1v) is 12.1. The molecule has 37 heavy (non-hydrogen) atoms. The SMILES string of the molecule is Cl.N#Cc1c(-c2ccc(O)cc2F)nc2n[nH]c(C3CCNCC3)c2c1-c1ccc(N2CCOCC2)o1. The van der Waals surface area contributed by atoms with E-state index in [4.69, 9.17) is 9.15 Å². The number of morpholine rings is 1. The largest absolute Gasteiger partial charge is 0.508 e. The maximum absolute atomic E-state index is 14.9. The summed E-state index contributed by atoms with van der Waals surface area (Å²) in [6.45, 7) is 4.42. The van der Waals surface area contributed by atoms with Crippen LogP contribution in [0.3, 0.4) is 0 Å². The van der Waals surface area contributed by atoms with Crippen LogP contribution in [0.25, 0.3) is 33.6 Å². The van der Waals surface area contributed by atoms with E-state index in [1.807, 2.05) is 12.1 Å². The fourth-order valence-corrected chi connectivity index (χ4v) is 5.15. The third-order valence-electron chi connectivity index (χ3n) is 6.96. The van der Waals surface area contributed by atoms with Crippen LogP contribution in [0.1, 0.15) is 30.0 Å². The van der Waals surface area contributed by atoms with Gasteiger partial charge in [-0.05, 0) is 44.1 Å². The van der Waals surface area contributed by atoms with Crippen LogP contribution in [0.2, 0.25) is 0 Å². The summed E-state index contributed by atoms with van der Waals surface area (Å²) in [4.78, 5) is 6.73. The van der Waals surface area contributed by atoms with E-state index < -0.39 is 5.82 Å². The van der Waals surface area contributed by atoms with Gasteiger partial charge in [-0.1, -0.05) is 0 Å². The number of nitrogens with one attached hydrogen (secondary N) is 2. The Morgan fingerprint density at radius 2 is 1.92 bits per heavy atom. The van der Waals surface area contributed by atoms with Gasteiger partial charge in [-0.25, -0.2) is 9.37 Å². The number of phenolic OH excluding ortho intramolecular Hbond substituents is 1. The lowest BCUT2D eigenvalue weighted by Crippen LogP contribution is -2.35. The summed E-state index contributed by atoms with van der Waals surface area (Å²) in [5.74, 6) is 0.522. The molecule has 0 amide bonds. The van der Waals surface area contributed by atoms with Crippen molar-refractivity contribution in [3.8, 4) is 34.4 Å². The first-order chi connectivity index (χ1) is 17.6. The molecule has 0 saturated carbocycles. The van der Waals surface area contributed by atoms with Crippen LogP contribution in [-0.2, 0) is 4.74 Å². The number of anilines is 1. The van der Waals surface area contributed by atoms with Crippen LogP contribution in [0, 0.1) is 17.1 Å². The van der Waals surface area contributed by atoms with Crippen molar-refractivity contribution in [2.45, 2.75) is 18.8 Å². The average molecular weight is 525 g/mol. The van der Waals surface area contributed by atoms with Crippen LogP contribution in [-0.4, -0.2) is 59.7 Å².